The van der Waals surface area contributed by atoms with Crippen LogP contribution in [0.25, 0.3) is 0 Å². The monoisotopic (exact) mass is 325 g/mol. The lowest BCUT2D eigenvalue weighted by Crippen LogP contribution is -2.03. The van der Waals surface area contributed by atoms with Gasteiger partial charge in [0, 0.05) is 16.4 Å². The highest BCUT2D eigenvalue weighted by atomic mass is 35.7. The van der Waals surface area contributed by atoms with E-state index in [4.69, 9.17) is 15.4 Å². The number of nitrogens with zero attached hydrogens (tertiary/aromatic N) is 1. The molecule has 0 amide bonds. The Morgan fingerprint density at radius 3 is 2.43 bits per heavy atom. The summed E-state index contributed by atoms with van der Waals surface area (Å²) in [6.07, 6.45) is 0. The zero-order chi connectivity index (χ0) is 15.6. The van der Waals surface area contributed by atoms with Crippen LogP contribution in [0.5, 0.6) is 5.75 Å². The molecule has 0 unspecified atom stereocenters. The zero-order valence-corrected chi connectivity index (χ0v) is 13.6. The number of aryl methyl sites for hydroxylation is 1. The summed E-state index contributed by atoms with van der Waals surface area (Å²) in [4.78, 5) is 4.47. The van der Waals surface area contributed by atoms with Crippen molar-refractivity contribution in [2.75, 3.05) is 0 Å². The van der Waals surface area contributed by atoms with Gasteiger partial charge in [-0.2, -0.15) is 0 Å². The van der Waals surface area contributed by atoms with Crippen molar-refractivity contribution in [3.8, 4) is 5.75 Å². The second kappa shape index (κ2) is 6.03. The Balaban J connectivity index is 2.24. The predicted octanol–water partition coefficient (Wildman–Crippen LogP) is 3.51. The molecule has 0 aliphatic rings. The van der Waals surface area contributed by atoms with Gasteiger partial charge in [0.25, 0.3) is 9.05 Å². The lowest BCUT2D eigenvalue weighted by molar-refractivity contribution is 0.298. The standard InChI is InChI=1S/C15H16ClNO3S/c1-10-5-4-6-13(17-10)9-20-14-7-8-15(21(16,18)19)12(3)11(14)2/h4-8H,9H2,1-3H3. The zero-order valence-electron chi connectivity index (χ0n) is 12.1. The predicted molar refractivity (Wildman–Crippen MR) is 82.3 cm³/mol. The molecule has 2 aromatic rings. The van der Waals surface area contributed by atoms with Crippen molar-refractivity contribution in [2.45, 2.75) is 32.3 Å². The van der Waals surface area contributed by atoms with Crippen molar-refractivity contribution in [3.05, 3.63) is 52.8 Å². The highest BCUT2D eigenvalue weighted by molar-refractivity contribution is 8.13. The topological polar surface area (TPSA) is 56.3 Å². The van der Waals surface area contributed by atoms with Gasteiger partial charge >= 0.3 is 0 Å². The fourth-order valence-corrected chi connectivity index (χ4v) is 3.27. The summed E-state index contributed by atoms with van der Waals surface area (Å²) >= 11 is 0. The van der Waals surface area contributed by atoms with Crippen LogP contribution in [-0.2, 0) is 15.7 Å². The van der Waals surface area contributed by atoms with E-state index in [9.17, 15) is 8.42 Å². The third-order valence-electron chi connectivity index (χ3n) is 3.27. The Morgan fingerprint density at radius 1 is 1.10 bits per heavy atom. The van der Waals surface area contributed by atoms with E-state index in [2.05, 4.69) is 4.98 Å². The van der Waals surface area contributed by atoms with Gasteiger partial charge < -0.3 is 4.74 Å². The van der Waals surface area contributed by atoms with Crippen LogP contribution in [-0.4, -0.2) is 13.4 Å². The van der Waals surface area contributed by atoms with Gasteiger partial charge in [0.05, 0.1) is 10.6 Å². The maximum absolute atomic E-state index is 11.4. The molecule has 112 valence electrons. The molecule has 2 rings (SSSR count). The minimum absolute atomic E-state index is 0.114. The molecule has 0 saturated heterocycles. The molecule has 1 aromatic heterocycles. The van der Waals surface area contributed by atoms with E-state index in [1.807, 2.05) is 25.1 Å². The minimum Gasteiger partial charge on any atom is -0.487 e. The summed E-state index contributed by atoms with van der Waals surface area (Å²) < 4.78 is 28.6. The first-order valence-corrected chi connectivity index (χ1v) is 8.70. The average molecular weight is 326 g/mol. The van der Waals surface area contributed by atoms with Crippen molar-refractivity contribution in [2.24, 2.45) is 0 Å². The first-order chi connectivity index (χ1) is 9.79. The second-order valence-corrected chi connectivity index (χ2v) is 7.34. The Bertz CT molecular complexity index is 772. The molecule has 0 N–H and O–H groups in total. The van der Waals surface area contributed by atoms with E-state index in [-0.39, 0.29) is 4.90 Å². The normalized spacial score (nSPS) is 11.4. The Morgan fingerprint density at radius 2 is 1.81 bits per heavy atom. The summed E-state index contributed by atoms with van der Waals surface area (Å²) in [5, 5.41) is 0. The third-order valence-corrected chi connectivity index (χ3v) is 4.74. The van der Waals surface area contributed by atoms with Crippen molar-refractivity contribution in [3.63, 3.8) is 0 Å². The molecule has 0 saturated carbocycles. The maximum atomic E-state index is 11.4. The molecule has 0 radical (unpaired) electrons. The number of rotatable bonds is 4. The molecule has 21 heavy (non-hydrogen) atoms. The highest BCUT2D eigenvalue weighted by Crippen LogP contribution is 2.29. The number of hydrogen-bond donors (Lipinski definition) is 0. The lowest BCUT2D eigenvalue weighted by Gasteiger charge is -2.13. The molecular weight excluding hydrogens is 310 g/mol. The Kier molecular flexibility index (Phi) is 4.54. The number of ether oxygens (including phenoxy) is 1. The number of halogens is 1. The van der Waals surface area contributed by atoms with Crippen LogP contribution < -0.4 is 4.74 Å². The van der Waals surface area contributed by atoms with Crippen LogP contribution in [0, 0.1) is 20.8 Å². The van der Waals surface area contributed by atoms with Crippen LogP contribution in [0.4, 0.5) is 0 Å². The molecule has 1 heterocycles. The van der Waals surface area contributed by atoms with Crippen LogP contribution >= 0.6 is 10.7 Å². The number of aromatic nitrogens is 1. The van der Waals surface area contributed by atoms with Gasteiger partial charge in [-0.05, 0) is 56.2 Å². The number of pyridine rings is 1. The van der Waals surface area contributed by atoms with Crippen molar-refractivity contribution in [1.82, 2.24) is 4.98 Å². The molecule has 0 spiro atoms. The summed E-state index contributed by atoms with van der Waals surface area (Å²) in [6.45, 7) is 5.76. The molecule has 0 atom stereocenters. The molecule has 0 aliphatic heterocycles. The Labute approximate surface area is 129 Å². The van der Waals surface area contributed by atoms with Gasteiger partial charge in [-0.1, -0.05) is 6.07 Å². The molecular formula is C15H16ClNO3S. The van der Waals surface area contributed by atoms with Gasteiger partial charge in [0.15, 0.2) is 0 Å². The van der Waals surface area contributed by atoms with Gasteiger partial charge in [-0.3, -0.25) is 4.98 Å². The van der Waals surface area contributed by atoms with Gasteiger partial charge in [0.2, 0.25) is 0 Å². The quantitative estimate of drug-likeness (QED) is 0.807. The maximum Gasteiger partial charge on any atom is 0.261 e. The molecule has 0 bridgehead atoms. The van der Waals surface area contributed by atoms with E-state index in [1.165, 1.54) is 6.07 Å². The Hall–Kier alpha value is -1.59. The number of benzene rings is 1. The largest absolute Gasteiger partial charge is 0.487 e. The van der Waals surface area contributed by atoms with E-state index >= 15 is 0 Å². The van der Waals surface area contributed by atoms with Gasteiger partial charge in [-0.25, -0.2) is 8.42 Å². The van der Waals surface area contributed by atoms with Crippen LogP contribution in [0.1, 0.15) is 22.5 Å². The van der Waals surface area contributed by atoms with E-state index in [0.29, 0.717) is 17.9 Å². The van der Waals surface area contributed by atoms with E-state index < -0.39 is 9.05 Å². The van der Waals surface area contributed by atoms with Crippen LogP contribution in [0.3, 0.4) is 0 Å². The molecule has 0 fully saturated rings. The first-order valence-electron chi connectivity index (χ1n) is 6.39. The lowest BCUT2D eigenvalue weighted by atomic mass is 10.1. The van der Waals surface area contributed by atoms with Crippen LogP contribution in [0.15, 0.2) is 35.2 Å². The summed E-state index contributed by atoms with van der Waals surface area (Å²) in [6, 6.07) is 8.80. The average Bonchev–Trinajstić information content (AvgIpc) is 2.39. The fraction of sp³-hybridized carbons (Fsp3) is 0.267. The second-order valence-electron chi connectivity index (χ2n) is 4.81. The summed E-state index contributed by atoms with van der Waals surface area (Å²) in [5.74, 6) is 0.625. The van der Waals surface area contributed by atoms with E-state index in [1.54, 1.807) is 19.9 Å². The fourth-order valence-electron chi connectivity index (χ4n) is 2.02. The number of hydrogen-bond acceptors (Lipinski definition) is 4. The first kappa shape index (κ1) is 15.8. The molecule has 1 aromatic carbocycles. The molecule has 6 heteroatoms. The summed E-state index contributed by atoms with van der Waals surface area (Å²) in [5.41, 5.74) is 3.10. The highest BCUT2D eigenvalue weighted by Gasteiger charge is 2.17. The van der Waals surface area contributed by atoms with Crippen molar-refractivity contribution in [1.29, 1.82) is 0 Å². The molecule has 0 aliphatic carbocycles. The van der Waals surface area contributed by atoms with Crippen molar-refractivity contribution < 1.29 is 13.2 Å². The van der Waals surface area contributed by atoms with Crippen LogP contribution in [0.2, 0.25) is 0 Å². The molecule has 4 nitrogen and oxygen atoms in total. The minimum atomic E-state index is -3.74. The van der Waals surface area contributed by atoms with Crippen molar-refractivity contribution >= 4 is 19.7 Å². The smallest absolute Gasteiger partial charge is 0.261 e. The summed E-state index contributed by atoms with van der Waals surface area (Å²) in [7, 11) is 1.66. The SMILES string of the molecule is Cc1cccc(COc2ccc(S(=O)(=O)Cl)c(C)c2C)n1. The third kappa shape index (κ3) is 3.74. The van der Waals surface area contributed by atoms with Gasteiger partial charge in [0.1, 0.15) is 12.4 Å². The van der Waals surface area contributed by atoms with E-state index in [0.717, 1.165) is 17.0 Å². The van der Waals surface area contributed by atoms with Gasteiger partial charge in [-0.15, -0.1) is 0 Å².